The molecule has 0 aliphatic carbocycles. The van der Waals surface area contributed by atoms with Gasteiger partial charge >= 0.3 is 0 Å². The molecule has 0 spiro atoms. The van der Waals surface area contributed by atoms with Gasteiger partial charge in [-0.2, -0.15) is 0 Å². The number of benzene rings is 2. The zero-order valence-electron chi connectivity index (χ0n) is 11.7. The van der Waals surface area contributed by atoms with Crippen molar-refractivity contribution >= 4 is 6.08 Å². The Morgan fingerprint density at radius 2 is 1.67 bits per heavy atom. The molecule has 0 radical (unpaired) electrons. The summed E-state index contributed by atoms with van der Waals surface area (Å²) < 4.78 is 0. The van der Waals surface area contributed by atoms with Crippen LogP contribution in [0.4, 0.5) is 0 Å². The van der Waals surface area contributed by atoms with Crippen LogP contribution in [0.3, 0.4) is 0 Å². The summed E-state index contributed by atoms with van der Waals surface area (Å²) in [6.07, 6.45) is 4.78. The molecule has 4 nitrogen and oxygen atoms in total. The Labute approximate surface area is 124 Å². The maximum absolute atomic E-state index is 9.39. The van der Waals surface area contributed by atoms with E-state index < -0.39 is 0 Å². The highest BCUT2D eigenvalue weighted by atomic mass is 16.3. The number of hydrogen-bond acceptors (Lipinski definition) is 4. The molecule has 0 bridgehead atoms. The first-order valence-electron chi connectivity index (χ1n) is 6.82. The highest BCUT2D eigenvalue weighted by molar-refractivity contribution is 5.50. The van der Waals surface area contributed by atoms with Crippen molar-refractivity contribution < 1.29 is 15.3 Å². The van der Waals surface area contributed by atoms with Crippen molar-refractivity contribution in [3.05, 3.63) is 59.7 Å². The standard InChI is InChI=1S/C17H19NO3/c19-15-6-3-13(4-7-15)2-1-10-18-11-9-14-5-8-16(20)17(21)12-14/h1-8,12,18-21H,9-11H2/b2-1+. The third kappa shape index (κ3) is 4.85. The van der Waals surface area contributed by atoms with Gasteiger partial charge < -0.3 is 20.6 Å². The molecule has 21 heavy (non-hydrogen) atoms. The van der Waals surface area contributed by atoms with Gasteiger partial charge in [0, 0.05) is 6.54 Å². The molecule has 2 aromatic rings. The molecule has 0 heterocycles. The van der Waals surface area contributed by atoms with E-state index in [1.54, 1.807) is 24.3 Å². The Bertz CT molecular complexity index is 606. The molecule has 2 aromatic carbocycles. The SMILES string of the molecule is Oc1ccc(/C=C/CNCCc2ccc(O)c(O)c2)cc1. The molecule has 4 N–H and O–H groups in total. The molecule has 0 saturated heterocycles. The first kappa shape index (κ1) is 14.9. The average Bonchev–Trinajstić information content (AvgIpc) is 2.48. The average molecular weight is 285 g/mol. The summed E-state index contributed by atoms with van der Waals surface area (Å²) >= 11 is 0. The van der Waals surface area contributed by atoms with Crippen molar-refractivity contribution in [2.24, 2.45) is 0 Å². The topological polar surface area (TPSA) is 72.7 Å². The molecule has 0 aliphatic rings. The van der Waals surface area contributed by atoms with E-state index in [1.165, 1.54) is 6.07 Å². The van der Waals surface area contributed by atoms with Crippen LogP contribution in [-0.4, -0.2) is 28.4 Å². The molecule has 0 aliphatic heterocycles. The molecule has 0 fully saturated rings. The Morgan fingerprint density at radius 3 is 2.38 bits per heavy atom. The summed E-state index contributed by atoms with van der Waals surface area (Å²) in [6.45, 7) is 1.52. The lowest BCUT2D eigenvalue weighted by atomic mass is 10.1. The van der Waals surface area contributed by atoms with Crippen LogP contribution in [0.1, 0.15) is 11.1 Å². The van der Waals surface area contributed by atoms with E-state index in [0.717, 1.165) is 30.6 Å². The molecule has 2 rings (SSSR count). The molecule has 4 heteroatoms. The third-order valence-electron chi connectivity index (χ3n) is 3.10. The second-order valence-corrected chi connectivity index (χ2v) is 4.77. The smallest absolute Gasteiger partial charge is 0.157 e. The zero-order valence-corrected chi connectivity index (χ0v) is 11.7. The Morgan fingerprint density at radius 1 is 0.905 bits per heavy atom. The molecular weight excluding hydrogens is 266 g/mol. The van der Waals surface area contributed by atoms with Crippen molar-refractivity contribution in [3.63, 3.8) is 0 Å². The number of phenols is 3. The van der Waals surface area contributed by atoms with Gasteiger partial charge in [0.25, 0.3) is 0 Å². The predicted octanol–water partition coefficient (Wildman–Crippen LogP) is 2.65. The molecule has 0 atom stereocenters. The Kier molecular flexibility index (Phi) is 5.23. The van der Waals surface area contributed by atoms with E-state index >= 15 is 0 Å². The van der Waals surface area contributed by atoms with E-state index in [1.807, 2.05) is 24.3 Å². The van der Waals surface area contributed by atoms with Crippen LogP contribution >= 0.6 is 0 Å². The maximum atomic E-state index is 9.39. The maximum Gasteiger partial charge on any atom is 0.157 e. The second kappa shape index (κ2) is 7.36. The van der Waals surface area contributed by atoms with Crippen LogP contribution in [0.25, 0.3) is 6.08 Å². The molecule has 0 amide bonds. The van der Waals surface area contributed by atoms with Crippen LogP contribution in [0.15, 0.2) is 48.5 Å². The van der Waals surface area contributed by atoms with Crippen LogP contribution in [0.5, 0.6) is 17.2 Å². The predicted molar refractivity (Wildman–Crippen MR) is 83.5 cm³/mol. The van der Waals surface area contributed by atoms with Crippen molar-refractivity contribution in [2.45, 2.75) is 6.42 Å². The van der Waals surface area contributed by atoms with E-state index in [4.69, 9.17) is 0 Å². The van der Waals surface area contributed by atoms with Gasteiger partial charge in [-0.25, -0.2) is 0 Å². The summed E-state index contributed by atoms with van der Waals surface area (Å²) in [6, 6.07) is 11.9. The minimum Gasteiger partial charge on any atom is -0.508 e. The van der Waals surface area contributed by atoms with Crippen LogP contribution < -0.4 is 5.32 Å². The van der Waals surface area contributed by atoms with Gasteiger partial charge in [-0.3, -0.25) is 0 Å². The number of hydrogen-bond donors (Lipinski definition) is 4. The lowest BCUT2D eigenvalue weighted by molar-refractivity contribution is 0.403. The molecule has 0 saturated carbocycles. The van der Waals surface area contributed by atoms with Crippen molar-refractivity contribution in [2.75, 3.05) is 13.1 Å². The fourth-order valence-electron chi connectivity index (χ4n) is 1.92. The molecule has 110 valence electrons. The van der Waals surface area contributed by atoms with Crippen molar-refractivity contribution in [3.8, 4) is 17.2 Å². The van der Waals surface area contributed by atoms with Gasteiger partial charge in [-0.1, -0.05) is 30.4 Å². The summed E-state index contributed by atoms with van der Waals surface area (Å²) in [5, 5.41) is 31.0. The number of phenolic OH excluding ortho intramolecular Hbond substituents is 3. The Balaban J connectivity index is 1.70. The fraction of sp³-hybridized carbons (Fsp3) is 0.176. The Hall–Kier alpha value is -2.46. The van der Waals surface area contributed by atoms with Crippen LogP contribution in [-0.2, 0) is 6.42 Å². The largest absolute Gasteiger partial charge is 0.508 e. The first-order chi connectivity index (χ1) is 10.1. The summed E-state index contributed by atoms with van der Waals surface area (Å²) in [5.41, 5.74) is 2.01. The van der Waals surface area contributed by atoms with Crippen molar-refractivity contribution in [1.29, 1.82) is 0 Å². The number of nitrogens with one attached hydrogen (secondary N) is 1. The van der Waals surface area contributed by atoms with Gasteiger partial charge in [-0.05, 0) is 48.4 Å². The third-order valence-corrected chi connectivity index (χ3v) is 3.10. The first-order valence-corrected chi connectivity index (χ1v) is 6.82. The molecular formula is C17H19NO3. The van der Waals surface area contributed by atoms with Crippen molar-refractivity contribution in [1.82, 2.24) is 5.32 Å². The van der Waals surface area contributed by atoms with Gasteiger partial charge in [0.05, 0.1) is 0 Å². The van der Waals surface area contributed by atoms with Crippen LogP contribution in [0, 0.1) is 0 Å². The minimum atomic E-state index is -0.0939. The van der Waals surface area contributed by atoms with Gasteiger partial charge in [0.2, 0.25) is 0 Å². The summed E-state index contributed by atoms with van der Waals surface area (Å²) in [7, 11) is 0. The van der Waals surface area contributed by atoms with Crippen LogP contribution in [0.2, 0.25) is 0 Å². The van der Waals surface area contributed by atoms with E-state index in [0.29, 0.717) is 0 Å². The number of aromatic hydroxyl groups is 3. The summed E-state index contributed by atoms with van der Waals surface area (Å²) in [5.74, 6) is 0.0886. The number of rotatable bonds is 6. The molecule has 0 unspecified atom stereocenters. The monoisotopic (exact) mass is 285 g/mol. The highest BCUT2D eigenvalue weighted by Crippen LogP contribution is 2.24. The summed E-state index contributed by atoms with van der Waals surface area (Å²) in [4.78, 5) is 0. The van der Waals surface area contributed by atoms with Gasteiger partial charge in [-0.15, -0.1) is 0 Å². The minimum absolute atomic E-state index is 0.0836. The lowest BCUT2D eigenvalue weighted by Crippen LogP contribution is -2.16. The second-order valence-electron chi connectivity index (χ2n) is 4.77. The fourth-order valence-corrected chi connectivity index (χ4v) is 1.92. The van der Waals surface area contributed by atoms with E-state index in [-0.39, 0.29) is 17.2 Å². The molecule has 0 aromatic heterocycles. The van der Waals surface area contributed by atoms with E-state index in [2.05, 4.69) is 5.32 Å². The quantitative estimate of drug-likeness (QED) is 0.486. The van der Waals surface area contributed by atoms with E-state index in [9.17, 15) is 15.3 Å². The normalized spacial score (nSPS) is 11.0. The van der Waals surface area contributed by atoms with Gasteiger partial charge in [0.1, 0.15) is 5.75 Å². The van der Waals surface area contributed by atoms with Gasteiger partial charge in [0.15, 0.2) is 11.5 Å². The zero-order chi connectivity index (χ0) is 15.1. The lowest BCUT2D eigenvalue weighted by Gasteiger charge is -2.04. The highest BCUT2D eigenvalue weighted by Gasteiger charge is 1.99.